The number of hydrogen-bond donors (Lipinski definition) is 1. The van der Waals surface area contributed by atoms with E-state index >= 15 is 0 Å². The van der Waals surface area contributed by atoms with Crippen LogP contribution in [0, 0.1) is 11.3 Å². The first kappa shape index (κ1) is 51.9. The Hall–Kier alpha value is -1.14. The molecule has 0 amide bonds. The van der Waals surface area contributed by atoms with Crippen molar-refractivity contribution in [1.29, 1.82) is 0 Å². The maximum absolute atomic E-state index is 12.5. The lowest BCUT2D eigenvalue weighted by Gasteiger charge is -2.25. The Morgan fingerprint density at radius 1 is 0.509 bits per heavy atom. The maximum atomic E-state index is 12.5. The molecule has 0 aliphatic rings. The number of carbonyl (C=O) groups is 2. The van der Waals surface area contributed by atoms with E-state index in [1.807, 2.05) is 0 Å². The smallest absolute Gasteiger partial charge is 0.305 e. The van der Waals surface area contributed by atoms with Crippen LogP contribution in [-0.4, -0.2) is 61.4 Å². The first-order valence-corrected chi connectivity index (χ1v) is 23.4. The van der Waals surface area contributed by atoms with Crippen LogP contribution in [0.2, 0.25) is 0 Å². The summed E-state index contributed by atoms with van der Waals surface area (Å²) in [5.41, 5.74) is 0.0204. The number of carbonyl (C=O) groups excluding carboxylic acids is 2. The summed E-state index contributed by atoms with van der Waals surface area (Å²) in [5.74, 6) is 0.667. The van der Waals surface area contributed by atoms with E-state index < -0.39 is 0 Å². The predicted molar refractivity (Wildman–Crippen MR) is 227 cm³/mol. The Labute approximate surface area is 331 Å². The van der Waals surface area contributed by atoms with Crippen molar-refractivity contribution in [1.82, 2.24) is 4.90 Å². The molecule has 0 unspecified atom stereocenters. The van der Waals surface area contributed by atoms with Gasteiger partial charge in [0.15, 0.2) is 0 Å². The van der Waals surface area contributed by atoms with Crippen LogP contribution in [0.3, 0.4) is 0 Å². The summed E-state index contributed by atoms with van der Waals surface area (Å²) in [6.07, 6.45) is 37.4. The first-order valence-electron chi connectivity index (χ1n) is 23.4. The number of unbranched alkanes of at least 4 members (excludes halogenated alkanes) is 20. The summed E-state index contributed by atoms with van der Waals surface area (Å²) >= 11 is 0. The van der Waals surface area contributed by atoms with Crippen molar-refractivity contribution in [3.05, 3.63) is 0 Å². The summed E-state index contributed by atoms with van der Waals surface area (Å²) < 4.78 is 11.4. The quantitative estimate of drug-likeness (QED) is 0.0494. The number of nitrogens with zero attached hydrogens (tertiary/aromatic N) is 1. The third-order valence-corrected chi connectivity index (χ3v) is 11.1. The van der Waals surface area contributed by atoms with Gasteiger partial charge in [0.2, 0.25) is 0 Å². The highest BCUT2D eigenvalue weighted by molar-refractivity contribution is 5.69. The lowest BCUT2D eigenvalue weighted by Crippen LogP contribution is -2.27. The van der Waals surface area contributed by atoms with E-state index in [1.54, 1.807) is 0 Å². The van der Waals surface area contributed by atoms with Gasteiger partial charge in [-0.25, -0.2) is 0 Å². The number of aliphatic hydroxyl groups is 1. The normalized spacial score (nSPS) is 11.9. The summed E-state index contributed by atoms with van der Waals surface area (Å²) in [6, 6.07) is 0. The lowest BCUT2D eigenvalue weighted by atomic mass is 9.88. The molecule has 0 bridgehead atoms. The standard InChI is InChI=1S/C47H93NO5/c1-6-9-12-15-16-19-25-35-46(51)53-43-47(4,5)37-27-22-29-39-48(40-30-31-41-49)38-28-21-20-26-34-45(50)52-42-36-44(32-23-17-13-10-7-2)33-24-18-14-11-8-3/h44,49H,6-43H2,1-5H3. The van der Waals surface area contributed by atoms with Gasteiger partial charge in [-0.1, -0.05) is 176 Å². The van der Waals surface area contributed by atoms with Gasteiger partial charge in [-0.05, 0) is 82.3 Å². The first-order chi connectivity index (χ1) is 25.8. The Balaban J connectivity index is 4.19. The lowest BCUT2D eigenvalue weighted by molar-refractivity contribution is -0.147. The van der Waals surface area contributed by atoms with Gasteiger partial charge in [0.25, 0.3) is 0 Å². The number of rotatable bonds is 42. The average molecular weight is 752 g/mol. The molecule has 0 aromatic rings. The van der Waals surface area contributed by atoms with Crippen molar-refractivity contribution in [2.45, 2.75) is 240 Å². The topological polar surface area (TPSA) is 76.1 Å². The predicted octanol–water partition coefficient (Wildman–Crippen LogP) is 13.6. The summed E-state index contributed by atoms with van der Waals surface area (Å²) in [5, 5.41) is 9.30. The molecule has 0 heterocycles. The molecular formula is C47H93NO5. The summed E-state index contributed by atoms with van der Waals surface area (Å²) in [7, 11) is 0. The Bertz CT molecular complexity index is 773. The molecule has 0 aromatic carbocycles. The molecule has 0 saturated carbocycles. The van der Waals surface area contributed by atoms with Crippen molar-refractivity contribution in [3.63, 3.8) is 0 Å². The summed E-state index contributed by atoms with van der Waals surface area (Å²) in [6.45, 7) is 15.9. The zero-order valence-electron chi connectivity index (χ0n) is 36.5. The number of esters is 2. The van der Waals surface area contributed by atoms with Crippen molar-refractivity contribution >= 4 is 11.9 Å². The second kappa shape index (κ2) is 39.1. The zero-order chi connectivity index (χ0) is 39.1. The SMILES string of the molecule is CCCCCCCCCC(=O)OCC(C)(C)CCCCCN(CCCCO)CCCCCCC(=O)OCCC(CCCCCCC)CCCCCCC. The second-order valence-corrected chi connectivity index (χ2v) is 17.2. The molecule has 0 aliphatic carbocycles. The van der Waals surface area contributed by atoms with Crippen molar-refractivity contribution in [3.8, 4) is 0 Å². The fraction of sp³-hybridized carbons (Fsp3) is 0.957. The highest BCUT2D eigenvalue weighted by Gasteiger charge is 2.20. The van der Waals surface area contributed by atoms with E-state index in [2.05, 4.69) is 39.5 Å². The fourth-order valence-corrected chi connectivity index (χ4v) is 7.42. The molecular weight excluding hydrogens is 659 g/mol. The molecule has 0 fully saturated rings. The minimum Gasteiger partial charge on any atom is -0.466 e. The van der Waals surface area contributed by atoms with Gasteiger partial charge in [-0.2, -0.15) is 0 Å². The zero-order valence-corrected chi connectivity index (χ0v) is 36.5. The van der Waals surface area contributed by atoms with E-state index in [0.717, 1.165) is 90.3 Å². The highest BCUT2D eigenvalue weighted by atomic mass is 16.5. The van der Waals surface area contributed by atoms with Crippen LogP contribution in [0.5, 0.6) is 0 Å². The van der Waals surface area contributed by atoms with Gasteiger partial charge in [-0.15, -0.1) is 0 Å². The van der Waals surface area contributed by atoms with Crippen LogP contribution in [0.15, 0.2) is 0 Å². The van der Waals surface area contributed by atoms with Gasteiger partial charge >= 0.3 is 11.9 Å². The van der Waals surface area contributed by atoms with Crippen LogP contribution in [0.4, 0.5) is 0 Å². The Kier molecular flexibility index (Phi) is 38.3. The van der Waals surface area contributed by atoms with E-state index in [-0.39, 0.29) is 24.0 Å². The second-order valence-electron chi connectivity index (χ2n) is 17.2. The average Bonchev–Trinajstić information content (AvgIpc) is 3.14. The Morgan fingerprint density at radius 2 is 0.925 bits per heavy atom. The van der Waals surface area contributed by atoms with E-state index in [9.17, 15) is 14.7 Å². The van der Waals surface area contributed by atoms with E-state index in [1.165, 1.54) is 122 Å². The van der Waals surface area contributed by atoms with Crippen LogP contribution in [0.1, 0.15) is 240 Å². The van der Waals surface area contributed by atoms with Crippen molar-refractivity contribution < 1.29 is 24.2 Å². The summed E-state index contributed by atoms with van der Waals surface area (Å²) in [4.78, 5) is 27.3. The monoisotopic (exact) mass is 752 g/mol. The van der Waals surface area contributed by atoms with Crippen LogP contribution in [0.25, 0.3) is 0 Å². The van der Waals surface area contributed by atoms with E-state index in [4.69, 9.17) is 9.47 Å². The van der Waals surface area contributed by atoms with Crippen LogP contribution in [-0.2, 0) is 19.1 Å². The number of aliphatic hydroxyl groups excluding tert-OH is 1. The fourth-order valence-electron chi connectivity index (χ4n) is 7.42. The molecule has 1 N–H and O–H groups in total. The molecule has 0 saturated heterocycles. The van der Waals surface area contributed by atoms with Gasteiger partial charge in [-0.3, -0.25) is 9.59 Å². The highest BCUT2D eigenvalue weighted by Crippen LogP contribution is 2.25. The largest absolute Gasteiger partial charge is 0.466 e. The molecule has 6 nitrogen and oxygen atoms in total. The van der Waals surface area contributed by atoms with E-state index in [0.29, 0.717) is 32.0 Å². The van der Waals surface area contributed by atoms with Crippen molar-refractivity contribution in [2.75, 3.05) is 39.5 Å². The van der Waals surface area contributed by atoms with Crippen LogP contribution >= 0.6 is 0 Å². The molecule has 0 spiro atoms. The van der Waals surface area contributed by atoms with Gasteiger partial charge < -0.3 is 19.5 Å². The molecule has 0 atom stereocenters. The minimum absolute atomic E-state index is 0.00916. The van der Waals surface area contributed by atoms with Gasteiger partial charge in [0.1, 0.15) is 0 Å². The Morgan fingerprint density at radius 3 is 1.43 bits per heavy atom. The third kappa shape index (κ3) is 37.6. The minimum atomic E-state index is -0.0315. The van der Waals surface area contributed by atoms with Crippen LogP contribution < -0.4 is 0 Å². The molecule has 6 heteroatoms. The van der Waals surface area contributed by atoms with Gasteiger partial charge in [0, 0.05) is 19.4 Å². The number of hydrogen-bond acceptors (Lipinski definition) is 6. The molecule has 0 radical (unpaired) electrons. The molecule has 0 aliphatic heterocycles. The molecule has 316 valence electrons. The molecule has 0 aromatic heterocycles. The maximum Gasteiger partial charge on any atom is 0.305 e. The number of ether oxygens (including phenoxy) is 2. The van der Waals surface area contributed by atoms with Crippen molar-refractivity contribution in [2.24, 2.45) is 11.3 Å². The van der Waals surface area contributed by atoms with Gasteiger partial charge in [0.05, 0.1) is 13.2 Å². The molecule has 53 heavy (non-hydrogen) atoms. The third-order valence-electron chi connectivity index (χ3n) is 11.1. The molecule has 0 rings (SSSR count).